The van der Waals surface area contributed by atoms with Gasteiger partial charge in [-0.05, 0) is 31.7 Å². The predicted octanol–water partition coefficient (Wildman–Crippen LogP) is 2.98. The minimum Gasteiger partial charge on any atom is -0.341 e. The summed E-state index contributed by atoms with van der Waals surface area (Å²) in [7, 11) is 0. The molecule has 134 valence electrons. The van der Waals surface area contributed by atoms with Crippen LogP contribution in [0.25, 0.3) is 11.3 Å². The topological polar surface area (TPSA) is 66.8 Å². The van der Waals surface area contributed by atoms with Crippen LogP contribution < -0.4 is 10.5 Å². The second-order valence-corrected chi connectivity index (χ2v) is 6.80. The fourth-order valence-corrected chi connectivity index (χ4v) is 3.42. The van der Waals surface area contributed by atoms with Crippen LogP contribution in [-0.2, 0) is 6.54 Å². The average Bonchev–Trinajstić information content (AvgIpc) is 3.03. The van der Waals surface area contributed by atoms with Gasteiger partial charge in [-0.25, -0.2) is 14.6 Å². The van der Waals surface area contributed by atoms with Gasteiger partial charge in [0.25, 0.3) is 5.56 Å². The van der Waals surface area contributed by atoms with Crippen LogP contribution in [0.4, 0.5) is 5.95 Å². The number of nitrogens with one attached hydrogen (secondary N) is 1. The van der Waals surface area contributed by atoms with E-state index < -0.39 is 0 Å². The standard InChI is InChI=1S/C20H23N5O/c1-15-17(13-21-20(22-15)24-10-6-3-7-11-24)18-12-19(26)25(23-18)14-16-8-4-2-5-9-16/h2,4-5,8-9,12-13,23H,3,6-7,10-11,14H2,1H3. The van der Waals surface area contributed by atoms with Crippen LogP contribution in [0, 0.1) is 6.92 Å². The van der Waals surface area contributed by atoms with Crippen LogP contribution in [0.1, 0.15) is 30.5 Å². The highest BCUT2D eigenvalue weighted by atomic mass is 16.1. The molecule has 3 heterocycles. The predicted molar refractivity (Wildman–Crippen MR) is 102 cm³/mol. The highest BCUT2D eigenvalue weighted by Gasteiger charge is 2.16. The van der Waals surface area contributed by atoms with Crippen LogP contribution >= 0.6 is 0 Å². The van der Waals surface area contributed by atoms with Gasteiger partial charge in [0, 0.05) is 30.9 Å². The Morgan fingerprint density at radius 1 is 1.12 bits per heavy atom. The van der Waals surface area contributed by atoms with Crippen molar-refractivity contribution in [2.45, 2.75) is 32.7 Å². The van der Waals surface area contributed by atoms with Crippen LogP contribution in [-0.4, -0.2) is 32.8 Å². The number of benzene rings is 1. The Morgan fingerprint density at radius 2 is 1.88 bits per heavy atom. The molecule has 4 rings (SSSR count). The molecule has 0 radical (unpaired) electrons. The van der Waals surface area contributed by atoms with E-state index in [1.54, 1.807) is 10.7 Å². The second kappa shape index (κ2) is 7.15. The van der Waals surface area contributed by atoms with Crippen LogP contribution in [0.5, 0.6) is 0 Å². The molecular formula is C20H23N5O. The molecule has 1 fully saturated rings. The first kappa shape index (κ1) is 16.6. The average molecular weight is 349 g/mol. The molecule has 1 N–H and O–H groups in total. The Hall–Kier alpha value is -2.89. The summed E-state index contributed by atoms with van der Waals surface area (Å²) in [6.45, 7) is 4.52. The number of aryl methyl sites for hydroxylation is 1. The number of rotatable bonds is 4. The van der Waals surface area contributed by atoms with Gasteiger partial charge in [0.1, 0.15) is 0 Å². The number of hydrogen-bond donors (Lipinski definition) is 1. The molecule has 6 heteroatoms. The third kappa shape index (κ3) is 3.40. The van der Waals surface area contributed by atoms with Crippen molar-refractivity contribution in [1.29, 1.82) is 0 Å². The van der Waals surface area contributed by atoms with Crippen molar-refractivity contribution in [2.75, 3.05) is 18.0 Å². The summed E-state index contributed by atoms with van der Waals surface area (Å²) in [4.78, 5) is 23.8. The lowest BCUT2D eigenvalue weighted by atomic mass is 10.1. The maximum Gasteiger partial charge on any atom is 0.267 e. The Bertz CT molecular complexity index is 938. The first-order valence-corrected chi connectivity index (χ1v) is 9.13. The molecule has 0 atom stereocenters. The minimum atomic E-state index is -0.0524. The molecular weight excluding hydrogens is 326 g/mol. The van der Waals surface area contributed by atoms with Crippen LogP contribution in [0.2, 0.25) is 0 Å². The summed E-state index contributed by atoms with van der Waals surface area (Å²) in [6, 6.07) is 11.6. The molecule has 0 spiro atoms. The summed E-state index contributed by atoms with van der Waals surface area (Å²) < 4.78 is 1.61. The number of aromatic nitrogens is 4. The number of H-pyrrole nitrogens is 1. The minimum absolute atomic E-state index is 0.0524. The molecule has 6 nitrogen and oxygen atoms in total. The summed E-state index contributed by atoms with van der Waals surface area (Å²) in [6.07, 6.45) is 5.49. The highest BCUT2D eigenvalue weighted by molar-refractivity contribution is 5.61. The van der Waals surface area contributed by atoms with E-state index >= 15 is 0 Å². The molecule has 1 aromatic carbocycles. The summed E-state index contributed by atoms with van der Waals surface area (Å²) in [5, 5.41) is 3.20. The molecule has 0 unspecified atom stereocenters. The fraction of sp³-hybridized carbons (Fsp3) is 0.350. The van der Waals surface area contributed by atoms with Gasteiger partial charge in [0.2, 0.25) is 5.95 Å². The van der Waals surface area contributed by atoms with E-state index in [1.807, 2.05) is 43.5 Å². The monoisotopic (exact) mass is 349 g/mol. The zero-order chi connectivity index (χ0) is 17.9. The van der Waals surface area contributed by atoms with Gasteiger partial charge in [0.15, 0.2) is 0 Å². The van der Waals surface area contributed by atoms with Crippen molar-refractivity contribution in [2.24, 2.45) is 0 Å². The van der Waals surface area contributed by atoms with E-state index in [4.69, 9.17) is 0 Å². The van der Waals surface area contributed by atoms with Crippen molar-refractivity contribution < 1.29 is 0 Å². The SMILES string of the molecule is Cc1nc(N2CCCCC2)ncc1-c1cc(=O)n(Cc2ccccc2)[nH]1. The molecule has 1 aliphatic heterocycles. The van der Waals surface area contributed by atoms with E-state index in [2.05, 4.69) is 20.0 Å². The van der Waals surface area contributed by atoms with E-state index in [9.17, 15) is 4.79 Å². The first-order valence-electron chi connectivity index (χ1n) is 9.13. The molecule has 0 saturated carbocycles. The summed E-state index contributed by atoms with van der Waals surface area (Å²) >= 11 is 0. The van der Waals surface area contributed by atoms with Gasteiger partial charge in [-0.1, -0.05) is 30.3 Å². The fourth-order valence-electron chi connectivity index (χ4n) is 3.42. The Balaban J connectivity index is 1.59. The van der Waals surface area contributed by atoms with Gasteiger partial charge in [0.05, 0.1) is 17.9 Å². The van der Waals surface area contributed by atoms with E-state index in [0.29, 0.717) is 6.54 Å². The largest absolute Gasteiger partial charge is 0.341 e. The van der Waals surface area contributed by atoms with Gasteiger partial charge < -0.3 is 4.90 Å². The molecule has 0 aliphatic carbocycles. The van der Waals surface area contributed by atoms with Crippen molar-refractivity contribution in [3.05, 3.63) is 64.2 Å². The third-order valence-electron chi connectivity index (χ3n) is 4.87. The molecule has 1 aliphatic rings. The van der Waals surface area contributed by atoms with Gasteiger partial charge in [-0.15, -0.1) is 0 Å². The number of nitrogens with zero attached hydrogens (tertiary/aromatic N) is 4. The Kier molecular flexibility index (Phi) is 4.56. The van der Waals surface area contributed by atoms with Crippen molar-refractivity contribution >= 4 is 5.95 Å². The lowest BCUT2D eigenvalue weighted by Gasteiger charge is -2.26. The second-order valence-electron chi connectivity index (χ2n) is 6.80. The zero-order valence-corrected chi connectivity index (χ0v) is 15.0. The molecule has 0 bridgehead atoms. The number of hydrogen-bond acceptors (Lipinski definition) is 4. The first-order chi connectivity index (χ1) is 12.7. The van der Waals surface area contributed by atoms with Crippen LogP contribution in [0.15, 0.2) is 47.4 Å². The van der Waals surface area contributed by atoms with E-state index in [1.165, 1.54) is 19.3 Å². The Morgan fingerprint density at radius 3 is 2.62 bits per heavy atom. The number of anilines is 1. The van der Waals surface area contributed by atoms with Gasteiger partial charge >= 0.3 is 0 Å². The summed E-state index contributed by atoms with van der Waals surface area (Å²) in [5.41, 5.74) is 3.54. The van der Waals surface area contributed by atoms with Crippen molar-refractivity contribution in [1.82, 2.24) is 19.7 Å². The molecule has 3 aromatic rings. The molecule has 1 saturated heterocycles. The lowest BCUT2D eigenvalue weighted by Crippen LogP contribution is -2.31. The molecule has 0 amide bonds. The van der Waals surface area contributed by atoms with Gasteiger partial charge in [-0.3, -0.25) is 9.89 Å². The number of piperidine rings is 1. The van der Waals surface area contributed by atoms with E-state index in [0.717, 1.165) is 41.6 Å². The normalized spacial score (nSPS) is 14.6. The molecule has 26 heavy (non-hydrogen) atoms. The highest BCUT2D eigenvalue weighted by Crippen LogP contribution is 2.22. The smallest absolute Gasteiger partial charge is 0.267 e. The summed E-state index contributed by atoms with van der Waals surface area (Å²) in [5.74, 6) is 0.789. The maximum atomic E-state index is 12.3. The third-order valence-corrected chi connectivity index (χ3v) is 4.87. The Labute approximate surface area is 152 Å². The molecule has 2 aromatic heterocycles. The van der Waals surface area contributed by atoms with Crippen LogP contribution in [0.3, 0.4) is 0 Å². The lowest BCUT2D eigenvalue weighted by molar-refractivity contribution is 0.567. The number of aromatic amines is 1. The maximum absolute atomic E-state index is 12.3. The zero-order valence-electron chi connectivity index (χ0n) is 15.0. The van der Waals surface area contributed by atoms with E-state index in [-0.39, 0.29) is 5.56 Å². The van der Waals surface area contributed by atoms with Gasteiger partial charge in [-0.2, -0.15) is 0 Å². The van der Waals surface area contributed by atoms with Crippen molar-refractivity contribution in [3.63, 3.8) is 0 Å². The van der Waals surface area contributed by atoms with Crippen molar-refractivity contribution in [3.8, 4) is 11.3 Å². The quantitative estimate of drug-likeness (QED) is 0.786.